The van der Waals surface area contributed by atoms with Crippen molar-refractivity contribution >= 4 is 0 Å². The first-order chi connectivity index (χ1) is 16.4. The summed E-state index contributed by atoms with van der Waals surface area (Å²) in [5.41, 5.74) is 1.12. The molecule has 0 unspecified atom stereocenters. The van der Waals surface area contributed by atoms with Gasteiger partial charge in [-0.15, -0.1) is 0 Å². The number of halogens is 1. The fourth-order valence-corrected chi connectivity index (χ4v) is 3.37. The normalized spacial score (nSPS) is 11.2. The summed E-state index contributed by atoms with van der Waals surface area (Å²) >= 11 is 0. The lowest BCUT2D eigenvalue weighted by molar-refractivity contribution is -0.00513. The minimum atomic E-state index is -0.458. The zero-order chi connectivity index (χ0) is 23.7. The van der Waals surface area contributed by atoms with E-state index in [0.717, 1.165) is 24.3 Å². The van der Waals surface area contributed by atoms with Gasteiger partial charge in [0.15, 0.2) is 0 Å². The first-order valence-corrected chi connectivity index (χ1v) is 13.0. The van der Waals surface area contributed by atoms with Crippen LogP contribution in [0.5, 0.6) is 5.75 Å². The average molecular weight is 470 g/mol. The fraction of sp³-hybridized carbons (Fsp3) is 0.778. The minimum Gasteiger partial charge on any atom is -0.494 e. The van der Waals surface area contributed by atoms with E-state index >= 15 is 0 Å². The van der Waals surface area contributed by atoms with E-state index in [9.17, 15) is 4.39 Å². The SMILES string of the molecule is CCCCCCCCCCCCOc1ccc(COCCOCCOCCOCC[18F])cc1. The second kappa shape index (κ2) is 23.9. The van der Waals surface area contributed by atoms with Crippen molar-refractivity contribution in [2.45, 2.75) is 77.7 Å². The van der Waals surface area contributed by atoms with Crippen molar-refractivity contribution in [2.24, 2.45) is 0 Å². The summed E-state index contributed by atoms with van der Waals surface area (Å²) in [6.45, 7) is 6.24. The van der Waals surface area contributed by atoms with Gasteiger partial charge in [-0.3, -0.25) is 0 Å². The summed E-state index contributed by atoms with van der Waals surface area (Å²) in [5, 5.41) is 0. The lowest BCUT2D eigenvalue weighted by Gasteiger charge is -2.09. The van der Waals surface area contributed by atoms with Crippen molar-refractivity contribution in [2.75, 3.05) is 59.5 Å². The Bertz CT molecular complexity index is 512. The molecular formula is C27H47FO5. The molecule has 6 heteroatoms. The zero-order valence-electron chi connectivity index (χ0n) is 20.9. The Kier molecular flexibility index (Phi) is 21.6. The Morgan fingerprint density at radius 3 is 1.58 bits per heavy atom. The molecule has 192 valence electrons. The van der Waals surface area contributed by atoms with Gasteiger partial charge in [-0.05, 0) is 24.1 Å². The van der Waals surface area contributed by atoms with E-state index in [4.69, 9.17) is 23.7 Å². The molecule has 1 aromatic rings. The summed E-state index contributed by atoms with van der Waals surface area (Å²) in [6, 6.07) is 8.13. The molecule has 1 aromatic carbocycles. The topological polar surface area (TPSA) is 46.2 Å². The number of benzene rings is 1. The van der Waals surface area contributed by atoms with Crippen LogP contribution in [0.2, 0.25) is 0 Å². The average Bonchev–Trinajstić information content (AvgIpc) is 2.84. The van der Waals surface area contributed by atoms with Crippen LogP contribution in [-0.4, -0.2) is 59.5 Å². The second-order valence-electron chi connectivity index (χ2n) is 8.25. The van der Waals surface area contributed by atoms with Gasteiger partial charge in [-0.1, -0.05) is 76.8 Å². The van der Waals surface area contributed by atoms with Crippen LogP contribution in [0.4, 0.5) is 4.39 Å². The highest BCUT2D eigenvalue weighted by molar-refractivity contribution is 5.26. The second-order valence-corrected chi connectivity index (χ2v) is 8.25. The number of unbranched alkanes of at least 4 members (excludes halogenated alkanes) is 9. The van der Waals surface area contributed by atoms with Crippen molar-refractivity contribution in [3.05, 3.63) is 29.8 Å². The summed E-state index contributed by atoms with van der Waals surface area (Å²) in [6.07, 6.45) is 13.4. The molecule has 0 aromatic heterocycles. The van der Waals surface area contributed by atoms with Gasteiger partial charge in [0.2, 0.25) is 0 Å². The van der Waals surface area contributed by atoms with Crippen LogP contribution in [0.1, 0.15) is 76.7 Å². The predicted octanol–water partition coefficient (Wildman–Crippen LogP) is 6.52. The van der Waals surface area contributed by atoms with E-state index in [-0.39, 0.29) is 6.61 Å². The van der Waals surface area contributed by atoms with Crippen molar-refractivity contribution in [1.29, 1.82) is 0 Å². The van der Waals surface area contributed by atoms with Crippen molar-refractivity contribution in [1.82, 2.24) is 0 Å². The van der Waals surface area contributed by atoms with Gasteiger partial charge in [-0.25, -0.2) is 4.39 Å². The molecule has 0 saturated heterocycles. The van der Waals surface area contributed by atoms with Gasteiger partial charge in [-0.2, -0.15) is 0 Å². The van der Waals surface area contributed by atoms with Gasteiger partial charge in [0.05, 0.1) is 59.5 Å². The van der Waals surface area contributed by atoms with Gasteiger partial charge in [0.25, 0.3) is 0 Å². The van der Waals surface area contributed by atoms with Crippen molar-refractivity contribution in [3.8, 4) is 5.75 Å². The molecule has 0 atom stereocenters. The van der Waals surface area contributed by atoms with E-state index in [0.29, 0.717) is 46.2 Å². The van der Waals surface area contributed by atoms with E-state index < -0.39 is 6.67 Å². The lowest BCUT2D eigenvalue weighted by Crippen LogP contribution is -2.12. The summed E-state index contributed by atoms with van der Waals surface area (Å²) < 4.78 is 39.1. The summed E-state index contributed by atoms with van der Waals surface area (Å²) in [5.74, 6) is 0.924. The number of alkyl halides is 1. The maximum atomic E-state index is 11.8. The Morgan fingerprint density at radius 1 is 0.545 bits per heavy atom. The van der Waals surface area contributed by atoms with E-state index in [1.807, 2.05) is 24.3 Å². The third-order valence-corrected chi connectivity index (χ3v) is 5.30. The Labute approximate surface area is 201 Å². The Balaban J connectivity index is 1.88. The van der Waals surface area contributed by atoms with E-state index in [1.54, 1.807) is 0 Å². The molecular weight excluding hydrogens is 422 g/mol. The van der Waals surface area contributed by atoms with Crippen LogP contribution in [0, 0.1) is 0 Å². The number of hydrogen-bond donors (Lipinski definition) is 0. The standard InChI is InChI=1S/C27H47FO5/c1-2-3-4-5-6-7-8-9-10-11-17-33-27-14-12-26(13-15-27)25-32-24-23-31-22-21-30-20-19-29-18-16-28/h12-15H,2-11,16-25H2,1H3/i28-1. The third kappa shape index (κ3) is 19.9. The zero-order valence-corrected chi connectivity index (χ0v) is 20.9. The number of hydrogen-bond acceptors (Lipinski definition) is 5. The molecule has 0 amide bonds. The fourth-order valence-electron chi connectivity index (χ4n) is 3.37. The molecule has 0 bridgehead atoms. The van der Waals surface area contributed by atoms with Crippen LogP contribution in [0.15, 0.2) is 24.3 Å². The van der Waals surface area contributed by atoms with Crippen LogP contribution in [-0.2, 0) is 25.6 Å². The molecule has 0 aliphatic heterocycles. The molecule has 0 radical (unpaired) electrons. The van der Waals surface area contributed by atoms with Crippen molar-refractivity contribution in [3.63, 3.8) is 0 Å². The highest BCUT2D eigenvalue weighted by Crippen LogP contribution is 2.14. The molecule has 0 fully saturated rings. The first-order valence-electron chi connectivity index (χ1n) is 13.0. The molecule has 33 heavy (non-hydrogen) atoms. The summed E-state index contributed by atoms with van der Waals surface area (Å²) in [7, 11) is 0. The molecule has 5 nitrogen and oxygen atoms in total. The first kappa shape index (κ1) is 29.8. The van der Waals surface area contributed by atoms with Gasteiger partial charge in [0.1, 0.15) is 12.4 Å². The molecule has 0 spiro atoms. The lowest BCUT2D eigenvalue weighted by atomic mass is 10.1. The van der Waals surface area contributed by atoms with Gasteiger partial charge < -0.3 is 23.7 Å². The van der Waals surface area contributed by atoms with Gasteiger partial charge >= 0.3 is 0 Å². The molecule has 0 aliphatic rings. The highest BCUT2D eigenvalue weighted by atomic mass is 18.2. The monoisotopic (exact) mass is 469 g/mol. The van der Waals surface area contributed by atoms with Crippen LogP contribution in [0.25, 0.3) is 0 Å². The Hall–Kier alpha value is -1.21. The van der Waals surface area contributed by atoms with Gasteiger partial charge in [0, 0.05) is 0 Å². The van der Waals surface area contributed by atoms with Crippen molar-refractivity contribution < 1.29 is 28.1 Å². The minimum absolute atomic E-state index is 0.131. The van der Waals surface area contributed by atoms with E-state index in [2.05, 4.69) is 6.92 Å². The third-order valence-electron chi connectivity index (χ3n) is 5.30. The number of rotatable bonds is 25. The summed E-state index contributed by atoms with van der Waals surface area (Å²) in [4.78, 5) is 0. The van der Waals surface area contributed by atoms with E-state index in [1.165, 1.54) is 57.8 Å². The van der Waals surface area contributed by atoms with Crippen LogP contribution < -0.4 is 4.74 Å². The quantitative estimate of drug-likeness (QED) is 0.153. The molecule has 0 heterocycles. The highest BCUT2D eigenvalue weighted by Gasteiger charge is 1.98. The molecule has 0 saturated carbocycles. The number of ether oxygens (including phenoxy) is 5. The predicted molar refractivity (Wildman–Crippen MR) is 132 cm³/mol. The largest absolute Gasteiger partial charge is 0.494 e. The van der Waals surface area contributed by atoms with Crippen LogP contribution in [0.3, 0.4) is 0 Å². The maximum absolute atomic E-state index is 11.8. The maximum Gasteiger partial charge on any atom is 0.119 e. The molecule has 0 aliphatic carbocycles. The molecule has 1 rings (SSSR count). The molecule has 0 N–H and O–H groups in total. The van der Waals surface area contributed by atoms with Crippen LogP contribution >= 0.6 is 0 Å². The smallest absolute Gasteiger partial charge is 0.119 e. The Morgan fingerprint density at radius 2 is 1.03 bits per heavy atom.